The fourth-order valence-electron chi connectivity index (χ4n) is 0.317. The van der Waals surface area contributed by atoms with Gasteiger partial charge in [-0.1, -0.05) is 20.8 Å². The van der Waals surface area contributed by atoms with Crippen LogP contribution in [0.5, 0.6) is 0 Å². The Balaban J connectivity index is 0. The Bertz CT molecular complexity index is 183. The fraction of sp³-hybridized carbons (Fsp3) is 0.667. The Kier molecular flexibility index (Phi) is 5.97. The average molecular weight is 176 g/mol. The zero-order chi connectivity index (χ0) is 9.12. The predicted octanol–water partition coefficient (Wildman–Crippen LogP) is -0.193. The van der Waals surface area contributed by atoms with Crippen LogP contribution in [-0.2, 0) is 4.43 Å². The van der Waals surface area contributed by atoms with Crippen molar-refractivity contribution in [1.29, 1.82) is 0 Å². The van der Waals surface area contributed by atoms with Gasteiger partial charge in [0.1, 0.15) is 0 Å². The molecule has 0 fully saturated rings. The van der Waals surface area contributed by atoms with Crippen molar-refractivity contribution in [2.75, 3.05) is 0 Å². The van der Waals surface area contributed by atoms with Crippen LogP contribution < -0.4 is 18.9 Å². The quantitative estimate of drug-likeness (QED) is 0.306. The summed E-state index contributed by atoms with van der Waals surface area (Å²) in [5, 5.41) is 0.233. The summed E-state index contributed by atoms with van der Waals surface area (Å²) in [5.74, 6) is 2.51. The molecule has 64 valence electrons. The molecule has 1 nitrogen and oxygen atoms in total. The second-order valence-electron chi connectivity index (χ2n) is 4.14. The zero-order valence-electron chi connectivity index (χ0n) is 9.12. The van der Waals surface area contributed by atoms with Crippen molar-refractivity contribution in [3.8, 4) is 12.0 Å². The maximum Gasteiger partial charge on any atom is 1.00 e. The molecule has 0 aromatic rings. The first-order valence-corrected chi connectivity index (χ1v) is 6.67. The van der Waals surface area contributed by atoms with Gasteiger partial charge in [0.15, 0.2) is 0 Å². The van der Waals surface area contributed by atoms with Crippen molar-refractivity contribution in [3.05, 3.63) is 6.92 Å². The molecule has 0 atom stereocenters. The molecule has 0 unspecified atom stereocenters. The first-order chi connectivity index (χ1) is 4.81. The van der Waals surface area contributed by atoms with Crippen LogP contribution in [0.25, 0.3) is 0 Å². The van der Waals surface area contributed by atoms with Gasteiger partial charge >= 0.3 is 18.9 Å². The smallest absolute Gasteiger partial charge is 0.595 e. The summed E-state index contributed by atoms with van der Waals surface area (Å²) >= 11 is 0. The Morgan fingerprint density at radius 1 is 1.25 bits per heavy atom. The molecule has 0 heterocycles. The molecule has 0 saturated heterocycles. The summed E-state index contributed by atoms with van der Waals surface area (Å²) in [6.07, 6.45) is 2.60. The van der Waals surface area contributed by atoms with Gasteiger partial charge in [-0.05, 0) is 18.1 Å². The first-order valence-electron chi connectivity index (χ1n) is 3.76. The molecule has 0 bridgehead atoms. The van der Waals surface area contributed by atoms with Gasteiger partial charge in [-0.15, -0.1) is 6.11 Å². The van der Waals surface area contributed by atoms with Crippen molar-refractivity contribution < 1.29 is 23.3 Å². The monoisotopic (exact) mass is 176 g/mol. The molecular formula is C9H17LiOSi. The molecule has 0 spiro atoms. The molecule has 0 saturated carbocycles. The summed E-state index contributed by atoms with van der Waals surface area (Å²) in [5.41, 5.74) is 0. The summed E-state index contributed by atoms with van der Waals surface area (Å²) in [4.78, 5) is 0. The number of rotatable bonds is 1. The third kappa shape index (κ3) is 4.17. The minimum absolute atomic E-state index is 0. The fourth-order valence-corrected chi connectivity index (χ4v) is 0.950. The van der Waals surface area contributed by atoms with Crippen LogP contribution in [0.15, 0.2) is 0 Å². The van der Waals surface area contributed by atoms with E-state index in [1.165, 1.54) is 0 Å². The van der Waals surface area contributed by atoms with Crippen LogP contribution in [0.3, 0.4) is 0 Å². The van der Waals surface area contributed by atoms with E-state index in [0.717, 1.165) is 0 Å². The van der Waals surface area contributed by atoms with Gasteiger partial charge in [0.2, 0.25) is 8.32 Å². The topological polar surface area (TPSA) is 9.23 Å². The van der Waals surface area contributed by atoms with Crippen LogP contribution in [0, 0.1) is 19.0 Å². The van der Waals surface area contributed by atoms with Crippen molar-refractivity contribution in [2.24, 2.45) is 0 Å². The van der Waals surface area contributed by atoms with Gasteiger partial charge in [-0.3, -0.25) is 5.92 Å². The number of hydrogen-bond donors (Lipinski definition) is 0. The molecule has 3 heteroatoms. The standard InChI is InChI=1S/C9H17OSi.Li/c1-7-8-10-11(5,6)9(2,3)4;/h1H2,2-6H3;/q-1;+1. The SMILES string of the molecule is [CH2-]C#CO[Si](C)(C)C(C)(C)C.[Li+]. The maximum atomic E-state index is 5.46. The Labute approximate surface area is 89.6 Å². The Hall–Kier alpha value is 0.0443. The van der Waals surface area contributed by atoms with Crippen LogP contribution in [0.1, 0.15) is 20.8 Å². The molecule has 0 aliphatic rings. The van der Waals surface area contributed by atoms with E-state index in [4.69, 9.17) is 4.43 Å². The van der Waals surface area contributed by atoms with E-state index in [1.807, 2.05) is 0 Å². The van der Waals surface area contributed by atoms with E-state index in [1.54, 1.807) is 0 Å². The van der Waals surface area contributed by atoms with Gasteiger partial charge < -0.3 is 4.43 Å². The second-order valence-corrected chi connectivity index (χ2v) is 8.87. The minimum atomic E-state index is -1.64. The van der Waals surface area contributed by atoms with Crippen molar-refractivity contribution in [2.45, 2.75) is 38.9 Å². The average Bonchev–Trinajstić information content (AvgIpc) is 1.81. The van der Waals surface area contributed by atoms with E-state index in [0.29, 0.717) is 0 Å². The Morgan fingerprint density at radius 3 is 1.92 bits per heavy atom. The van der Waals surface area contributed by atoms with Crippen molar-refractivity contribution in [3.63, 3.8) is 0 Å². The molecular weight excluding hydrogens is 159 g/mol. The molecule has 0 aliphatic heterocycles. The maximum absolute atomic E-state index is 5.46. The first kappa shape index (κ1) is 14.6. The van der Waals surface area contributed by atoms with E-state index >= 15 is 0 Å². The van der Waals surface area contributed by atoms with Gasteiger partial charge in [0.25, 0.3) is 0 Å². The normalized spacial score (nSPS) is 10.8. The Morgan fingerprint density at radius 2 is 1.67 bits per heavy atom. The predicted molar refractivity (Wildman–Crippen MR) is 51.4 cm³/mol. The molecule has 0 aromatic heterocycles. The van der Waals surface area contributed by atoms with Gasteiger partial charge in [0, 0.05) is 0 Å². The largest absolute Gasteiger partial charge is 1.00 e. The summed E-state index contributed by atoms with van der Waals surface area (Å²) < 4.78 is 5.46. The van der Waals surface area contributed by atoms with Gasteiger partial charge in [-0.2, -0.15) is 6.92 Å². The van der Waals surface area contributed by atoms with Crippen LogP contribution >= 0.6 is 0 Å². The van der Waals surface area contributed by atoms with E-state index in [-0.39, 0.29) is 23.9 Å². The van der Waals surface area contributed by atoms with Gasteiger partial charge in [-0.25, -0.2) is 0 Å². The van der Waals surface area contributed by atoms with E-state index in [2.05, 4.69) is 52.8 Å². The van der Waals surface area contributed by atoms with Crippen LogP contribution in [0.2, 0.25) is 18.1 Å². The van der Waals surface area contributed by atoms with Crippen molar-refractivity contribution >= 4 is 8.32 Å². The summed E-state index contributed by atoms with van der Waals surface area (Å²) in [6, 6.07) is 0. The van der Waals surface area contributed by atoms with Gasteiger partial charge in [0.05, 0.1) is 0 Å². The molecule has 0 amide bonds. The molecule has 0 aromatic carbocycles. The number of hydrogen-bond acceptors (Lipinski definition) is 1. The minimum Gasteiger partial charge on any atom is -0.595 e. The van der Waals surface area contributed by atoms with Crippen molar-refractivity contribution in [1.82, 2.24) is 0 Å². The third-order valence-electron chi connectivity index (χ3n) is 2.18. The molecule has 0 radical (unpaired) electrons. The molecule has 12 heavy (non-hydrogen) atoms. The molecule has 0 aliphatic carbocycles. The summed E-state index contributed by atoms with van der Waals surface area (Å²) in [6.45, 7) is 14.3. The van der Waals surface area contributed by atoms with Crippen LogP contribution in [0.4, 0.5) is 0 Å². The summed E-state index contributed by atoms with van der Waals surface area (Å²) in [7, 11) is -1.64. The molecule has 0 N–H and O–H groups in total. The van der Waals surface area contributed by atoms with E-state index < -0.39 is 8.32 Å². The second kappa shape index (κ2) is 4.92. The zero-order valence-corrected chi connectivity index (χ0v) is 10.1. The van der Waals surface area contributed by atoms with Crippen LogP contribution in [-0.4, -0.2) is 8.32 Å². The van der Waals surface area contributed by atoms with E-state index in [9.17, 15) is 0 Å². The molecule has 0 rings (SSSR count). The third-order valence-corrected chi connectivity index (χ3v) is 6.41.